The van der Waals surface area contributed by atoms with Crippen LogP contribution >= 0.6 is 22.7 Å². The van der Waals surface area contributed by atoms with Gasteiger partial charge in [-0.2, -0.15) is 0 Å². The van der Waals surface area contributed by atoms with Gasteiger partial charge in [0.25, 0.3) is 0 Å². The van der Waals surface area contributed by atoms with Crippen LogP contribution in [0, 0.1) is 0 Å². The first-order chi connectivity index (χ1) is 17.8. The fourth-order valence-corrected chi connectivity index (χ4v) is 6.61. The lowest BCUT2D eigenvalue weighted by Gasteiger charge is -2.14. The van der Waals surface area contributed by atoms with Crippen molar-refractivity contribution in [1.82, 2.24) is 0 Å². The van der Waals surface area contributed by atoms with Crippen molar-refractivity contribution < 1.29 is 4.79 Å². The second kappa shape index (κ2) is 8.56. The zero-order valence-electron chi connectivity index (χ0n) is 19.3. The van der Waals surface area contributed by atoms with Crippen LogP contribution in [-0.4, -0.2) is 5.78 Å². The smallest absolute Gasteiger partial charge is 0.194 e. The van der Waals surface area contributed by atoms with Gasteiger partial charge in [-0.25, -0.2) is 0 Å². The molecule has 0 radical (unpaired) electrons. The fourth-order valence-electron chi connectivity index (χ4n) is 5.15. The molecule has 0 amide bonds. The molecule has 0 N–H and O–H groups in total. The van der Waals surface area contributed by atoms with Gasteiger partial charge in [0.2, 0.25) is 0 Å². The van der Waals surface area contributed by atoms with E-state index in [1.54, 1.807) is 22.7 Å². The first kappa shape index (κ1) is 21.3. The molecule has 0 saturated carbocycles. The van der Waals surface area contributed by atoms with E-state index in [2.05, 4.69) is 102 Å². The number of carbonyl (C=O) groups excluding carboxylic acids is 1. The molecule has 1 aliphatic rings. The summed E-state index contributed by atoms with van der Waals surface area (Å²) in [6.45, 7) is 0. The minimum absolute atomic E-state index is 0.106. The molecule has 6 aromatic rings. The van der Waals surface area contributed by atoms with Crippen LogP contribution in [0.3, 0.4) is 0 Å². The summed E-state index contributed by atoms with van der Waals surface area (Å²) in [6, 6.07) is 38.0. The number of thiophene rings is 2. The molecule has 1 aliphatic carbocycles. The minimum atomic E-state index is 0.106. The van der Waals surface area contributed by atoms with E-state index in [1.807, 2.05) is 18.2 Å². The lowest BCUT2D eigenvalue weighted by molar-refractivity contribution is 0.104. The maximum absolute atomic E-state index is 13.7. The van der Waals surface area contributed by atoms with Gasteiger partial charge in [-0.05, 0) is 61.8 Å². The zero-order valence-corrected chi connectivity index (χ0v) is 20.9. The molecule has 4 aromatic carbocycles. The van der Waals surface area contributed by atoms with Gasteiger partial charge in [-0.3, -0.25) is 4.79 Å². The Morgan fingerprint density at radius 2 is 0.861 bits per heavy atom. The van der Waals surface area contributed by atoms with Crippen LogP contribution in [0.2, 0.25) is 0 Å². The SMILES string of the molecule is O=C1c2ccccc2-c2c(-c3ccc(-c4cccs4)cc3)ccc(-c3ccc(-c4cccs4)cc3)c21. The van der Waals surface area contributed by atoms with Gasteiger partial charge in [0, 0.05) is 26.4 Å². The minimum Gasteiger partial charge on any atom is -0.289 e. The molecular formula is C33H20OS2. The zero-order chi connectivity index (χ0) is 24.1. The summed E-state index contributed by atoms with van der Waals surface area (Å²) >= 11 is 3.48. The van der Waals surface area contributed by atoms with Crippen molar-refractivity contribution in [3.05, 3.63) is 131 Å². The van der Waals surface area contributed by atoms with E-state index >= 15 is 0 Å². The van der Waals surface area contributed by atoms with Crippen molar-refractivity contribution in [1.29, 1.82) is 0 Å². The van der Waals surface area contributed by atoms with Crippen molar-refractivity contribution >= 4 is 28.5 Å². The summed E-state index contributed by atoms with van der Waals surface area (Å²) in [5, 5.41) is 4.20. The van der Waals surface area contributed by atoms with Crippen LogP contribution in [0.5, 0.6) is 0 Å². The molecule has 3 heteroatoms. The van der Waals surface area contributed by atoms with Crippen molar-refractivity contribution in [3.8, 4) is 54.3 Å². The van der Waals surface area contributed by atoms with Gasteiger partial charge in [0.15, 0.2) is 5.78 Å². The number of fused-ring (bicyclic) bond motifs is 3. The van der Waals surface area contributed by atoms with E-state index < -0.39 is 0 Å². The monoisotopic (exact) mass is 496 g/mol. The summed E-state index contributed by atoms with van der Waals surface area (Å²) in [5.74, 6) is 0.106. The Balaban J connectivity index is 1.38. The number of rotatable bonds is 4. The summed E-state index contributed by atoms with van der Waals surface area (Å²) in [7, 11) is 0. The molecule has 0 atom stereocenters. The molecule has 0 aliphatic heterocycles. The molecule has 0 fully saturated rings. The predicted molar refractivity (Wildman–Crippen MR) is 153 cm³/mol. The maximum Gasteiger partial charge on any atom is 0.194 e. The molecular weight excluding hydrogens is 476 g/mol. The third-order valence-electron chi connectivity index (χ3n) is 6.88. The third-order valence-corrected chi connectivity index (χ3v) is 8.71. The van der Waals surface area contributed by atoms with Crippen LogP contribution in [0.4, 0.5) is 0 Å². The van der Waals surface area contributed by atoms with Crippen LogP contribution in [0.1, 0.15) is 15.9 Å². The quantitative estimate of drug-likeness (QED) is 0.237. The van der Waals surface area contributed by atoms with E-state index in [-0.39, 0.29) is 5.78 Å². The van der Waals surface area contributed by atoms with E-state index in [1.165, 1.54) is 20.9 Å². The van der Waals surface area contributed by atoms with E-state index in [9.17, 15) is 4.79 Å². The second-order valence-electron chi connectivity index (χ2n) is 8.89. The molecule has 2 aromatic heterocycles. The van der Waals surface area contributed by atoms with Crippen LogP contribution in [0.15, 0.2) is 120 Å². The third kappa shape index (κ3) is 3.40. The molecule has 36 heavy (non-hydrogen) atoms. The average Bonchev–Trinajstić information content (AvgIpc) is 3.71. The fraction of sp³-hybridized carbons (Fsp3) is 0. The highest BCUT2D eigenvalue weighted by molar-refractivity contribution is 7.13. The van der Waals surface area contributed by atoms with Gasteiger partial charge in [-0.1, -0.05) is 97.1 Å². The van der Waals surface area contributed by atoms with Crippen LogP contribution < -0.4 is 0 Å². The van der Waals surface area contributed by atoms with E-state index in [0.29, 0.717) is 0 Å². The summed E-state index contributed by atoms with van der Waals surface area (Å²) < 4.78 is 0. The summed E-state index contributed by atoms with van der Waals surface area (Å²) in [6.07, 6.45) is 0. The van der Waals surface area contributed by atoms with Crippen molar-refractivity contribution in [2.75, 3.05) is 0 Å². The standard InChI is InChI=1S/C33H20OS2/c34-33-28-6-2-1-5-27(28)31-25(21-9-13-23(14-10-21)29-7-3-19-35-29)17-18-26(32(31)33)22-11-15-24(16-12-22)30-8-4-20-36-30/h1-20H. The maximum atomic E-state index is 13.7. The highest BCUT2D eigenvalue weighted by Crippen LogP contribution is 2.47. The molecule has 0 saturated heterocycles. The van der Waals surface area contributed by atoms with Gasteiger partial charge < -0.3 is 0 Å². The number of hydrogen-bond donors (Lipinski definition) is 0. The van der Waals surface area contributed by atoms with Crippen molar-refractivity contribution in [2.24, 2.45) is 0 Å². The highest BCUT2D eigenvalue weighted by atomic mass is 32.1. The lowest BCUT2D eigenvalue weighted by Crippen LogP contribution is -1.99. The van der Waals surface area contributed by atoms with Gasteiger partial charge in [0.05, 0.1) is 0 Å². The number of hydrogen-bond acceptors (Lipinski definition) is 3. The molecule has 2 heterocycles. The van der Waals surface area contributed by atoms with E-state index in [0.717, 1.165) is 44.5 Å². The topological polar surface area (TPSA) is 17.1 Å². The molecule has 0 bridgehead atoms. The average molecular weight is 497 g/mol. The lowest BCUT2D eigenvalue weighted by atomic mass is 9.88. The molecule has 7 rings (SSSR count). The largest absolute Gasteiger partial charge is 0.289 e. The Morgan fingerprint density at radius 1 is 0.389 bits per heavy atom. The Kier molecular flexibility index (Phi) is 5.05. The van der Waals surface area contributed by atoms with Gasteiger partial charge in [0.1, 0.15) is 0 Å². The molecule has 0 unspecified atom stereocenters. The Bertz CT molecular complexity index is 1710. The first-order valence-electron chi connectivity index (χ1n) is 11.9. The predicted octanol–water partition coefficient (Wildman–Crippen LogP) is 9.69. The molecule has 170 valence electrons. The summed E-state index contributed by atoms with van der Waals surface area (Å²) in [5.41, 5.74) is 10.3. The van der Waals surface area contributed by atoms with Crippen LogP contribution in [-0.2, 0) is 0 Å². The van der Waals surface area contributed by atoms with Gasteiger partial charge in [-0.15, -0.1) is 22.7 Å². The molecule has 0 spiro atoms. The van der Waals surface area contributed by atoms with E-state index in [4.69, 9.17) is 0 Å². The Labute approximate surface area is 218 Å². The van der Waals surface area contributed by atoms with Crippen molar-refractivity contribution in [2.45, 2.75) is 0 Å². The van der Waals surface area contributed by atoms with Crippen LogP contribution in [0.25, 0.3) is 54.3 Å². The van der Waals surface area contributed by atoms with Gasteiger partial charge >= 0.3 is 0 Å². The van der Waals surface area contributed by atoms with Crippen molar-refractivity contribution in [3.63, 3.8) is 0 Å². The molecule has 1 nitrogen and oxygen atoms in total. The number of benzene rings is 4. The second-order valence-corrected chi connectivity index (χ2v) is 10.8. The first-order valence-corrected chi connectivity index (χ1v) is 13.6. The number of ketones is 1. The summed E-state index contributed by atoms with van der Waals surface area (Å²) in [4.78, 5) is 16.2. The highest BCUT2D eigenvalue weighted by Gasteiger charge is 2.31. The number of carbonyl (C=O) groups is 1. The Morgan fingerprint density at radius 3 is 1.36 bits per heavy atom. The Hall–Kier alpha value is -4.05. The normalized spacial score (nSPS) is 11.9.